The molecule has 0 atom stereocenters. The number of anilines is 1. The standard InChI is InChI=1S/C11H17N5O/c12-14-10-6-5-9(15-16-10)11(17)13-7-8-3-1-2-4-8/h5-6,8H,1-4,7,12H2,(H,13,17)(H,14,16). The van der Waals surface area contributed by atoms with Gasteiger partial charge in [-0.3, -0.25) is 4.79 Å². The summed E-state index contributed by atoms with van der Waals surface area (Å²) in [5.41, 5.74) is 2.69. The quantitative estimate of drug-likeness (QED) is 0.527. The highest BCUT2D eigenvalue weighted by Gasteiger charge is 2.16. The van der Waals surface area contributed by atoms with Crippen LogP contribution in [0.4, 0.5) is 5.82 Å². The van der Waals surface area contributed by atoms with E-state index in [9.17, 15) is 4.79 Å². The molecule has 4 N–H and O–H groups in total. The number of carbonyl (C=O) groups is 1. The number of amides is 1. The monoisotopic (exact) mass is 235 g/mol. The number of nitrogens with zero attached hydrogens (tertiary/aromatic N) is 2. The van der Waals surface area contributed by atoms with E-state index >= 15 is 0 Å². The summed E-state index contributed by atoms with van der Waals surface area (Å²) in [6.45, 7) is 0.734. The summed E-state index contributed by atoms with van der Waals surface area (Å²) in [4.78, 5) is 11.7. The maximum Gasteiger partial charge on any atom is 0.271 e. The Morgan fingerprint density at radius 3 is 2.71 bits per heavy atom. The number of aromatic nitrogens is 2. The van der Waals surface area contributed by atoms with Crippen LogP contribution in [-0.2, 0) is 0 Å². The molecule has 92 valence electrons. The Labute approximate surface area is 100.0 Å². The Kier molecular flexibility index (Phi) is 3.87. The van der Waals surface area contributed by atoms with Crippen LogP contribution >= 0.6 is 0 Å². The first-order chi connectivity index (χ1) is 8.29. The predicted molar refractivity (Wildman–Crippen MR) is 64.1 cm³/mol. The van der Waals surface area contributed by atoms with Crippen LogP contribution in [0.2, 0.25) is 0 Å². The van der Waals surface area contributed by atoms with Gasteiger partial charge in [-0.2, -0.15) is 0 Å². The highest BCUT2D eigenvalue weighted by molar-refractivity contribution is 5.92. The molecule has 1 aromatic rings. The van der Waals surface area contributed by atoms with Crippen LogP contribution in [0, 0.1) is 5.92 Å². The molecule has 1 aromatic heterocycles. The molecule has 2 rings (SSSR count). The predicted octanol–water partition coefficient (Wildman–Crippen LogP) is 0.682. The molecule has 6 heteroatoms. The molecule has 1 heterocycles. The fraction of sp³-hybridized carbons (Fsp3) is 0.545. The van der Waals surface area contributed by atoms with E-state index in [1.807, 2.05) is 0 Å². The normalized spacial score (nSPS) is 15.8. The summed E-state index contributed by atoms with van der Waals surface area (Å²) < 4.78 is 0. The van der Waals surface area contributed by atoms with E-state index in [0.717, 1.165) is 6.54 Å². The van der Waals surface area contributed by atoms with Crippen molar-refractivity contribution in [1.82, 2.24) is 15.5 Å². The number of hydrazine groups is 1. The number of rotatable bonds is 4. The van der Waals surface area contributed by atoms with Gasteiger partial charge in [0.25, 0.3) is 5.91 Å². The second-order valence-corrected chi connectivity index (χ2v) is 4.31. The van der Waals surface area contributed by atoms with Crippen molar-refractivity contribution in [2.45, 2.75) is 25.7 Å². The second-order valence-electron chi connectivity index (χ2n) is 4.31. The van der Waals surface area contributed by atoms with E-state index in [1.165, 1.54) is 25.7 Å². The molecule has 1 fully saturated rings. The minimum absolute atomic E-state index is 0.173. The van der Waals surface area contributed by atoms with E-state index in [0.29, 0.717) is 17.4 Å². The molecule has 0 spiro atoms. The molecule has 0 bridgehead atoms. The molecular weight excluding hydrogens is 218 g/mol. The molecule has 17 heavy (non-hydrogen) atoms. The van der Waals surface area contributed by atoms with Gasteiger partial charge in [-0.05, 0) is 30.9 Å². The smallest absolute Gasteiger partial charge is 0.271 e. The summed E-state index contributed by atoms with van der Waals surface area (Å²) in [6, 6.07) is 3.23. The minimum atomic E-state index is -0.173. The van der Waals surface area contributed by atoms with Gasteiger partial charge >= 0.3 is 0 Å². The zero-order valence-corrected chi connectivity index (χ0v) is 9.65. The van der Waals surface area contributed by atoms with Crippen LogP contribution in [0.15, 0.2) is 12.1 Å². The molecule has 1 aliphatic rings. The Hall–Kier alpha value is -1.69. The van der Waals surface area contributed by atoms with Crippen molar-refractivity contribution in [1.29, 1.82) is 0 Å². The molecule has 1 saturated carbocycles. The van der Waals surface area contributed by atoms with Crippen molar-refractivity contribution in [2.75, 3.05) is 12.0 Å². The lowest BCUT2D eigenvalue weighted by atomic mass is 10.1. The van der Waals surface area contributed by atoms with Gasteiger partial charge in [0.15, 0.2) is 11.5 Å². The summed E-state index contributed by atoms with van der Waals surface area (Å²) >= 11 is 0. The molecule has 6 nitrogen and oxygen atoms in total. The summed E-state index contributed by atoms with van der Waals surface area (Å²) in [6.07, 6.45) is 4.97. The fourth-order valence-corrected chi connectivity index (χ4v) is 2.07. The van der Waals surface area contributed by atoms with Gasteiger partial charge in [-0.15, -0.1) is 10.2 Å². The maximum absolute atomic E-state index is 11.7. The molecule has 0 unspecified atom stereocenters. The van der Waals surface area contributed by atoms with Gasteiger partial charge < -0.3 is 10.7 Å². The third-order valence-electron chi connectivity index (χ3n) is 3.07. The summed E-state index contributed by atoms with van der Waals surface area (Å²) in [5, 5.41) is 10.4. The van der Waals surface area contributed by atoms with E-state index in [2.05, 4.69) is 20.9 Å². The van der Waals surface area contributed by atoms with Crippen molar-refractivity contribution in [2.24, 2.45) is 11.8 Å². The highest BCUT2D eigenvalue weighted by atomic mass is 16.1. The average Bonchev–Trinajstić information content (AvgIpc) is 2.89. The van der Waals surface area contributed by atoms with Gasteiger partial charge in [-0.1, -0.05) is 12.8 Å². The first-order valence-corrected chi connectivity index (χ1v) is 5.88. The number of hydrogen-bond acceptors (Lipinski definition) is 5. The number of nitrogens with two attached hydrogens (primary N) is 1. The first kappa shape index (κ1) is 11.8. The molecule has 0 saturated heterocycles. The van der Waals surface area contributed by atoms with E-state index in [1.54, 1.807) is 12.1 Å². The van der Waals surface area contributed by atoms with E-state index in [-0.39, 0.29) is 5.91 Å². The SMILES string of the molecule is NNc1ccc(C(=O)NCC2CCCC2)nn1. The van der Waals surface area contributed by atoms with Crippen molar-refractivity contribution in [3.63, 3.8) is 0 Å². The maximum atomic E-state index is 11.7. The molecule has 0 aromatic carbocycles. The summed E-state index contributed by atoms with van der Waals surface area (Å²) in [7, 11) is 0. The van der Waals surface area contributed by atoms with Crippen LogP contribution in [0.5, 0.6) is 0 Å². The number of nitrogen functional groups attached to an aromatic ring is 1. The Morgan fingerprint density at radius 2 is 2.12 bits per heavy atom. The second kappa shape index (κ2) is 5.58. The first-order valence-electron chi connectivity index (χ1n) is 5.88. The highest BCUT2D eigenvalue weighted by Crippen LogP contribution is 2.23. The van der Waals surface area contributed by atoms with Crippen molar-refractivity contribution in [3.8, 4) is 0 Å². The Balaban J connectivity index is 1.85. The topological polar surface area (TPSA) is 92.9 Å². The lowest BCUT2D eigenvalue weighted by Gasteiger charge is -2.09. The fourth-order valence-electron chi connectivity index (χ4n) is 2.07. The number of carbonyl (C=O) groups excluding carboxylic acids is 1. The average molecular weight is 235 g/mol. The van der Waals surface area contributed by atoms with E-state index < -0.39 is 0 Å². The summed E-state index contributed by atoms with van der Waals surface area (Å²) in [5.74, 6) is 6.06. The van der Waals surface area contributed by atoms with Gasteiger partial charge in [0.2, 0.25) is 0 Å². The zero-order valence-electron chi connectivity index (χ0n) is 9.65. The minimum Gasteiger partial charge on any atom is -0.350 e. The van der Waals surface area contributed by atoms with Crippen molar-refractivity contribution < 1.29 is 4.79 Å². The third-order valence-corrected chi connectivity index (χ3v) is 3.07. The van der Waals surface area contributed by atoms with Gasteiger partial charge in [0.1, 0.15) is 0 Å². The number of hydrogen-bond donors (Lipinski definition) is 3. The van der Waals surface area contributed by atoms with Gasteiger partial charge in [-0.25, -0.2) is 5.84 Å². The zero-order chi connectivity index (χ0) is 12.1. The van der Waals surface area contributed by atoms with Crippen molar-refractivity contribution in [3.05, 3.63) is 17.8 Å². The largest absolute Gasteiger partial charge is 0.350 e. The number of nitrogens with one attached hydrogen (secondary N) is 2. The Morgan fingerprint density at radius 1 is 1.35 bits per heavy atom. The van der Waals surface area contributed by atoms with Gasteiger partial charge in [0.05, 0.1) is 0 Å². The van der Waals surface area contributed by atoms with Crippen LogP contribution in [0.1, 0.15) is 36.2 Å². The molecule has 0 radical (unpaired) electrons. The molecule has 1 aliphatic carbocycles. The Bertz CT molecular complexity index is 372. The third kappa shape index (κ3) is 3.13. The molecule has 1 amide bonds. The van der Waals surface area contributed by atoms with Crippen molar-refractivity contribution >= 4 is 11.7 Å². The van der Waals surface area contributed by atoms with E-state index in [4.69, 9.17) is 5.84 Å². The van der Waals surface area contributed by atoms with Crippen LogP contribution in [0.25, 0.3) is 0 Å². The van der Waals surface area contributed by atoms with Crippen LogP contribution < -0.4 is 16.6 Å². The van der Waals surface area contributed by atoms with Crippen LogP contribution in [-0.4, -0.2) is 22.6 Å². The molecule has 0 aliphatic heterocycles. The lowest BCUT2D eigenvalue weighted by molar-refractivity contribution is 0.0941. The van der Waals surface area contributed by atoms with Gasteiger partial charge in [0, 0.05) is 6.54 Å². The van der Waals surface area contributed by atoms with Crippen LogP contribution in [0.3, 0.4) is 0 Å². The lowest BCUT2D eigenvalue weighted by Crippen LogP contribution is -2.29. The molecular formula is C11H17N5O.